The second-order valence-corrected chi connectivity index (χ2v) is 12.6. The summed E-state index contributed by atoms with van der Waals surface area (Å²) in [6.45, 7) is 0. The van der Waals surface area contributed by atoms with Gasteiger partial charge in [0.1, 0.15) is 22.4 Å². The lowest BCUT2D eigenvalue weighted by Gasteiger charge is -2.18. The number of benzene rings is 5. The molecule has 12 heteroatoms. The number of methoxy groups -OCH3 is 4. The summed E-state index contributed by atoms with van der Waals surface area (Å²) >= 11 is 7.61. The van der Waals surface area contributed by atoms with Crippen LogP contribution in [0.25, 0.3) is 6.08 Å². The van der Waals surface area contributed by atoms with Gasteiger partial charge >= 0.3 is 0 Å². The average Bonchev–Trinajstić information content (AvgIpc) is 3.17. The van der Waals surface area contributed by atoms with Crippen molar-refractivity contribution in [2.75, 3.05) is 39.1 Å². The Hall–Kier alpha value is -5.91. The van der Waals surface area contributed by atoms with Crippen molar-refractivity contribution < 1.29 is 33.3 Å². The third kappa shape index (κ3) is 9.45. The molecule has 5 rings (SSSR count). The predicted octanol–water partition coefficient (Wildman–Crippen LogP) is 8.26. The van der Waals surface area contributed by atoms with E-state index in [2.05, 4.69) is 16.0 Å². The zero-order valence-electron chi connectivity index (χ0n) is 28.8. The summed E-state index contributed by atoms with van der Waals surface area (Å²) in [7, 11) is 6.00. The number of carbonyl (C=O) groups is 3. The lowest BCUT2D eigenvalue weighted by atomic mass is 10.1. The monoisotopic (exact) mass is 737 g/mol. The fraction of sp³-hybridized carbons (Fsp3) is 0.125. The number of thioether (sulfide) groups is 1. The van der Waals surface area contributed by atoms with Gasteiger partial charge in [0, 0.05) is 33.5 Å². The molecule has 0 saturated heterocycles. The molecule has 266 valence electrons. The molecule has 0 saturated carbocycles. The van der Waals surface area contributed by atoms with Crippen molar-refractivity contribution in [1.82, 2.24) is 5.32 Å². The van der Waals surface area contributed by atoms with Gasteiger partial charge in [-0.1, -0.05) is 66.2 Å². The van der Waals surface area contributed by atoms with Crippen molar-refractivity contribution in [3.63, 3.8) is 0 Å². The minimum atomic E-state index is -0.661. The Morgan fingerprint density at radius 1 is 0.654 bits per heavy atom. The van der Waals surface area contributed by atoms with Crippen LogP contribution >= 0.6 is 23.4 Å². The summed E-state index contributed by atoms with van der Waals surface area (Å²) in [5.74, 6) is 0.355. The van der Waals surface area contributed by atoms with E-state index in [4.69, 9.17) is 30.5 Å². The Morgan fingerprint density at radius 3 is 1.94 bits per heavy atom. The van der Waals surface area contributed by atoms with Gasteiger partial charge in [-0.25, -0.2) is 0 Å². The maximum absolute atomic E-state index is 13.9. The number of amides is 3. The zero-order valence-corrected chi connectivity index (χ0v) is 30.3. The Kier molecular flexibility index (Phi) is 12.8. The fourth-order valence-corrected chi connectivity index (χ4v) is 6.44. The topological polar surface area (TPSA) is 124 Å². The van der Waals surface area contributed by atoms with Crippen molar-refractivity contribution in [2.45, 2.75) is 10.1 Å². The van der Waals surface area contributed by atoms with E-state index in [1.54, 1.807) is 78.9 Å². The first-order valence-electron chi connectivity index (χ1n) is 15.9. The molecule has 0 heterocycles. The smallest absolute Gasteiger partial charge is 0.272 e. The Balaban J connectivity index is 1.43. The van der Waals surface area contributed by atoms with Gasteiger partial charge in [0.25, 0.3) is 11.8 Å². The van der Waals surface area contributed by atoms with Crippen LogP contribution < -0.4 is 34.9 Å². The summed E-state index contributed by atoms with van der Waals surface area (Å²) < 4.78 is 21.7. The number of carbonyl (C=O) groups excluding carboxylic acids is 3. The van der Waals surface area contributed by atoms with Crippen LogP contribution in [-0.4, -0.2) is 46.2 Å². The van der Waals surface area contributed by atoms with Gasteiger partial charge in [-0.15, -0.1) is 11.8 Å². The van der Waals surface area contributed by atoms with Crippen LogP contribution in [0.1, 0.15) is 26.7 Å². The molecule has 0 aliphatic carbocycles. The molecule has 5 aromatic carbocycles. The van der Waals surface area contributed by atoms with E-state index in [1.165, 1.54) is 46.3 Å². The van der Waals surface area contributed by atoms with Crippen LogP contribution in [0.4, 0.5) is 11.4 Å². The summed E-state index contributed by atoms with van der Waals surface area (Å²) in [6, 6.07) is 33.3. The fourth-order valence-electron chi connectivity index (χ4n) is 5.10. The highest BCUT2D eigenvalue weighted by Gasteiger charge is 2.24. The number of ether oxygens (including phenoxy) is 4. The summed E-state index contributed by atoms with van der Waals surface area (Å²) in [6.07, 6.45) is 1.50. The molecule has 0 radical (unpaired) electrons. The van der Waals surface area contributed by atoms with Crippen LogP contribution in [0.3, 0.4) is 0 Å². The van der Waals surface area contributed by atoms with Gasteiger partial charge in [0.2, 0.25) is 5.91 Å². The summed E-state index contributed by atoms with van der Waals surface area (Å²) in [4.78, 5) is 41.6. The van der Waals surface area contributed by atoms with E-state index in [1.807, 2.05) is 36.4 Å². The third-order valence-electron chi connectivity index (χ3n) is 7.67. The van der Waals surface area contributed by atoms with Gasteiger partial charge < -0.3 is 34.9 Å². The first kappa shape index (κ1) is 37.3. The third-order valence-corrected chi connectivity index (χ3v) is 9.21. The van der Waals surface area contributed by atoms with Crippen LogP contribution in [0.15, 0.2) is 126 Å². The van der Waals surface area contributed by atoms with Gasteiger partial charge in [0.15, 0.2) is 11.5 Å². The minimum absolute atomic E-state index is 0.0582. The highest BCUT2D eigenvalue weighted by Crippen LogP contribution is 2.38. The quantitative estimate of drug-likeness (QED) is 0.0769. The first-order valence-corrected chi connectivity index (χ1v) is 17.1. The first-order chi connectivity index (χ1) is 25.2. The van der Waals surface area contributed by atoms with E-state index in [9.17, 15) is 14.4 Å². The molecular weight excluding hydrogens is 702 g/mol. The second-order valence-electron chi connectivity index (χ2n) is 11.1. The molecular formula is C40H36ClN3O7S. The molecule has 52 heavy (non-hydrogen) atoms. The van der Waals surface area contributed by atoms with Crippen LogP contribution in [0, 0.1) is 0 Å². The highest BCUT2D eigenvalue weighted by molar-refractivity contribution is 8.00. The minimum Gasteiger partial charge on any atom is -0.496 e. The Labute approximate surface area is 311 Å². The van der Waals surface area contributed by atoms with Crippen LogP contribution in [0.5, 0.6) is 23.0 Å². The van der Waals surface area contributed by atoms with Crippen molar-refractivity contribution in [2.24, 2.45) is 0 Å². The number of halogens is 1. The standard InChI is InChI=1S/C40H36ClN3O7S/c1-48-33-19-18-29(23-31(33)41)43-40(47)37(25-12-7-5-8-13-25)52-30-17-11-16-28(22-30)42-39(46)32(44-38(45)26-14-9-6-10-15-26)20-27-21-35(50-3)36(51-4)24-34(27)49-2/h5-24,37H,1-4H3,(H,42,46)(H,43,47)(H,44,45)/b32-20+. The van der Waals surface area contributed by atoms with Gasteiger partial charge in [-0.3, -0.25) is 14.4 Å². The number of rotatable bonds is 14. The molecule has 10 nitrogen and oxygen atoms in total. The predicted molar refractivity (Wildman–Crippen MR) is 205 cm³/mol. The molecule has 3 amide bonds. The normalized spacial score (nSPS) is 11.5. The Bertz CT molecular complexity index is 2080. The highest BCUT2D eigenvalue weighted by atomic mass is 35.5. The van der Waals surface area contributed by atoms with Gasteiger partial charge in [-0.05, 0) is 66.2 Å². The SMILES string of the molecule is COc1ccc(NC(=O)C(Sc2cccc(NC(=O)/C(=C\c3cc(OC)c(OC)cc3OC)NC(=O)c3ccccc3)c2)c2ccccc2)cc1Cl. The van der Waals surface area contributed by atoms with Crippen LogP contribution in [-0.2, 0) is 9.59 Å². The molecule has 0 aliphatic heterocycles. The molecule has 3 N–H and O–H groups in total. The number of anilines is 2. The van der Waals surface area contributed by atoms with Crippen LogP contribution in [0.2, 0.25) is 5.02 Å². The maximum Gasteiger partial charge on any atom is 0.272 e. The molecule has 0 fully saturated rings. The van der Waals surface area contributed by atoms with Crippen molar-refractivity contribution in [3.8, 4) is 23.0 Å². The average molecular weight is 738 g/mol. The molecule has 1 atom stereocenters. The second kappa shape index (κ2) is 17.8. The van der Waals surface area contributed by atoms with Crippen molar-refractivity contribution in [1.29, 1.82) is 0 Å². The van der Waals surface area contributed by atoms with E-state index < -0.39 is 17.1 Å². The molecule has 5 aromatic rings. The number of nitrogens with one attached hydrogen (secondary N) is 3. The molecule has 0 spiro atoms. The number of hydrogen-bond donors (Lipinski definition) is 3. The van der Waals surface area contributed by atoms with E-state index in [0.29, 0.717) is 55.4 Å². The van der Waals surface area contributed by atoms with E-state index in [-0.39, 0.29) is 11.6 Å². The zero-order chi connectivity index (χ0) is 37.0. The lowest BCUT2D eigenvalue weighted by Crippen LogP contribution is -2.30. The maximum atomic E-state index is 13.9. The molecule has 0 aromatic heterocycles. The van der Waals surface area contributed by atoms with Gasteiger partial charge in [0.05, 0.1) is 33.5 Å². The summed E-state index contributed by atoms with van der Waals surface area (Å²) in [5.41, 5.74) is 2.48. The molecule has 1 unspecified atom stereocenters. The summed E-state index contributed by atoms with van der Waals surface area (Å²) in [5, 5.41) is 8.29. The van der Waals surface area contributed by atoms with E-state index >= 15 is 0 Å². The largest absolute Gasteiger partial charge is 0.496 e. The molecule has 0 bridgehead atoms. The van der Waals surface area contributed by atoms with Crippen molar-refractivity contribution in [3.05, 3.63) is 143 Å². The lowest BCUT2D eigenvalue weighted by molar-refractivity contribution is -0.116. The number of hydrogen-bond acceptors (Lipinski definition) is 8. The Morgan fingerprint density at radius 2 is 1.29 bits per heavy atom. The van der Waals surface area contributed by atoms with Crippen molar-refractivity contribution >= 4 is 58.5 Å². The van der Waals surface area contributed by atoms with Gasteiger partial charge in [-0.2, -0.15) is 0 Å². The van der Waals surface area contributed by atoms with E-state index in [0.717, 1.165) is 5.56 Å². The molecule has 0 aliphatic rings.